The third-order valence-corrected chi connectivity index (χ3v) is 0.200. The van der Waals surface area contributed by atoms with Crippen LogP contribution in [0.25, 0.3) is 0 Å². The van der Waals surface area contributed by atoms with E-state index in [2.05, 4.69) is 10.3 Å². The normalized spacial score (nSPS) is 11.3. The van der Waals surface area contributed by atoms with Crippen LogP contribution in [0.5, 0.6) is 0 Å². The third-order valence-electron chi connectivity index (χ3n) is 0.200. The van der Waals surface area contributed by atoms with E-state index in [-0.39, 0.29) is 0 Å². The third kappa shape index (κ3) is 2.94. The van der Waals surface area contributed by atoms with Crippen LogP contribution in [0, 0.1) is 0 Å². The van der Waals surface area contributed by atoms with Gasteiger partial charge in [-0.25, -0.2) is 0 Å². The summed E-state index contributed by atoms with van der Waals surface area (Å²) in [6.07, 6.45) is 1.89. The molecule has 6 heavy (non-hydrogen) atoms. The van der Waals surface area contributed by atoms with E-state index in [0.717, 1.165) is 12.4 Å². The van der Waals surface area contributed by atoms with E-state index in [4.69, 9.17) is 10.4 Å². The molecule has 2 N–H and O–H groups in total. The monoisotopic (exact) mass is 88.0 g/mol. The van der Waals surface area contributed by atoms with Crippen molar-refractivity contribution >= 4 is 12.4 Å². The van der Waals surface area contributed by atoms with Crippen molar-refractivity contribution in [2.45, 2.75) is 0 Å². The van der Waals surface area contributed by atoms with E-state index in [9.17, 15) is 0 Å². The summed E-state index contributed by atoms with van der Waals surface area (Å²) in [6.45, 7) is 0. The van der Waals surface area contributed by atoms with Crippen LogP contribution in [0.1, 0.15) is 0 Å². The second-order valence-corrected chi connectivity index (χ2v) is 0.529. The van der Waals surface area contributed by atoms with Crippen LogP contribution in [0.2, 0.25) is 0 Å². The van der Waals surface area contributed by atoms with Gasteiger partial charge in [0.2, 0.25) is 0 Å². The number of hydrogen-bond acceptors (Lipinski definition) is 4. The van der Waals surface area contributed by atoms with Gasteiger partial charge in [0.1, 0.15) is 0 Å². The van der Waals surface area contributed by atoms with Gasteiger partial charge in [0.25, 0.3) is 0 Å². The maximum Gasteiger partial charge on any atom is 0.0877 e. The van der Waals surface area contributed by atoms with Gasteiger partial charge in [0.05, 0.1) is 12.4 Å². The van der Waals surface area contributed by atoms with Gasteiger partial charge in [-0.2, -0.15) is 0 Å². The minimum Gasteiger partial charge on any atom is -0.411 e. The van der Waals surface area contributed by atoms with Gasteiger partial charge in [-0.15, -0.1) is 0 Å². The van der Waals surface area contributed by atoms with Crippen LogP contribution >= 0.6 is 0 Å². The van der Waals surface area contributed by atoms with Crippen molar-refractivity contribution in [3.8, 4) is 0 Å². The Labute approximate surface area is 34.4 Å². The minimum absolute atomic E-state index is 0.944. The lowest BCUT2D eigenvalue weighted by molar-refractivity contribution is 0.317. The van der Waals surface area contributed by atoms with Gasteiger partial charge in [-0.3, -0.25) is 0 Å². The molecular formula is C2H4N2O2. The average Bonchev–Trinajstić information content (AvgIpc) is 1.61. The fourth-order valence-corrected chi connectivity index (χ4v) is 0.0596. The summed E-state index contributed by atoms with van der Waals surface area (Å²) in [7, 11) is 0. The summed E-state index contributed by atoms with van der Waals surface area (Å²) in [6, 6.07) is 0. The standard InChI is InChI=1S/C2H4N2O2/c5-3-1-2-4-6/h1-2,5-6H/b3-1-,4-2?. The summed E-state index contributed by atoms with van der Waals surface area (Å²) < 4.78 is 0. The summed E-state index contributed by atoms with van der Waals surface area (Å²) >= 11 is 0. The van der Waals surface area contributed by atoms with Crippen molar-refractivity contribution < 1.29 is 10.4 Å². The highest BCUT2D eigenvalue weighted by molar-refractivity contribution is 6.15. The van der Waals surface area contributed by atoms with Crippen LogP contribution in [0.3, 0.4) is 0 Å². The Hall–Kier alpha value is -1.06. The molecule has 0 rings (SSSR count). The Morgan fingerprint density at radius 2 is 1.33 bits per heavy atom. The smallest absolute Gasteiger partial charge is 0.0877 e. The number of oxime groups is 2. The summed E-state index contributed by atoms with van der Waals surface area (Å²) in [5.74, 6) is 0. The van der Waals surface area contributed by atoms with Crippen molar-refractivity contribution in [2.24, 2.45) is 10.3 Å². The summed E-state index contributed by atoms with van der Waals surface area (Å²) in [4.78, 5) is 0. The molecular weight excluding hydrogens is 84.0 g/mol. The second-order valence-electron chi connectivity index (χ2n) is 0.529. The second kappa shape index (κ2) is 3.94. The average molecular weight is 88.1 g/mol. The Morgan fingerprint density at radius 3 is 1.50 bits per heavy atom. The fraction of sp³-hybridized carbons (Fsp3) is 0. The van der Waals surface area contributed by atoms with Gasteiger partial charge < -0.3 is 10.4 Å². The zero-order valence-electron chi connectivity index (χ0n) is 2.94. The molecule has 0 atom stereocenters. The largest absolute Gasteiger partial charge is 0.411 e. The van der Waals surface area contributed by atoms with E-state index >= 15 is 0 Å². The Morgan fingerprint density at radius 1 is 1.00 bits per heavy atom. The molecule has 0 aliphatic heterocycles. The first-order valence-corrected chi connectivity index (χ1v) is 1.25. The maximum atomic E-state index is 7.56. The van der Waals surface area contributed by atoms with Crippen LogP contribution < -0.4 is 0 Å². The molecule has 0 amide bonds. The van der Waals surface area contributed by atoms with Gasteiger partial charge in [-0.1, -0.05) is 10.3 Å². The highest BCUT2D eigenvalue weighted by Gasteiger charge is 1.54. The first kappa shape index (κ1) is 4.94. The number of nitrogens with zero attached hydrogens (tertiary/aromatic N) is 2. The van der Waals surface area contributed by atoms with Gasteiger partial charge in [0, 0.05) is 0 Å². The van der Waals surface area contributed by atoms with Crippen molar-refractivity contribution in [2.75, 3.05) is 0 Å². The quantitative estimate of drug-likeness (QED) is 0.267. The summed E-state index contributed by atoms with van der Waals surface area (Å²) in [5.41, 5.74) is 0. The molecule has 0 aromatic heterocycles. The van der Waals surface area contributed by atoms with Crippen molar-refractivity contribution in [1.29, 1.82) is 0 Å². The SMILES string of the molecule is ON=C/C=N\O. The van der Waals surface area contributed by atoms with E-state index in [1.165, 1.54) is 0 Å². The van der Waals surface area contributed by atoms with Crippen LogP contribution in [0.4, 0.5) is 0 Å². The zero-order chi connectivity index (χ0) is 4.83. The van der Waals surface area contributed by atoms with Crippen molar-refractivity contribution in [3.63, 3.8) is 0 Å². The molecule has 0 aliphatic rings. The van der Waals surface area contributed by atoms with E-state index in [0.29, 0.717) is 0 Å². The van der Waals surface area contributed by atoms with Crippen LogP contribution in [-0.4, -0.2) is 22.8 Å². The van der Waals surface area contributed by atoms with Crippen molar-refractivity contribution in [3.05, 3.63) is 0 Å². The molecule has 0 bridgehead atoms. The maximum absolute atomic E-state index is 7.56. The molecule has 0 aromatic carbocycles. The van der Waals surface area contributed by atoms with Crippen LogP contribution in [0.15, 0.2) is 10.3 Å². The van der Waals surface area contributed by atoms with Crippen molar-refractivity contribution in [1.82, 2.24) is 0 Å². The minimum atomic E-state index is 0.944. The Kier molecular flexibility index (Phi) is 3.24. The molecule has 0 spiro atoms. The lowest BCUT2D eigenvalue weighted by atomic mass is 10.8. The molecule has 0 heterocycles. The van der Waals surface area contributed by atoms with E-state index in [1.54, 1.807) is 0 Å². The molecule has 0 fully saturated rings. The molecule has 4 heteroatoms. The Bertz CT molecular complexity index is 57.9. The topological polar surface area (TPSA) is 65.2 Å². The lowest BCUT2D eigenvalue weighted by Gasteiger charge is -1.62. The molecule has 34 valence electrons. The predicted molar refractivity (Wildman–Crippen MR) is 20.6 cm³/mol. The molecule has 0 saturated carbocycles. The van der Waals surface area contributed by atoms with Crippen LogP contribution in [-0.2, 0) is 0 Å². The van der Waals surface area contributed by atoms with Gasteiger partial charge >= 0.3 is 0 Å². The van der Waals surface area contributed by atoms with Gasteiger partial charge in [-0.05, 0) is 0 Å². The molecule has 0 aromatic rings. The first-order chi connectivity index (χ1) is 2.91. The highest BCUT2D eigenvalue weighted by atomic mass is 16.4. The molecule has 4 nitrogen and oxygen atoms in total. The molecule has 0 radical (unpaired) electrons. The number of hydrogen-bond donors (Lipinski definition) is 2. The molecule has 0 aliphatic carbocycles. The first-order valence-electron chi connectivity index (χ1n) is 1.25. The molecule has 0 unspecified atom stereocenters. The fourth-order valence-electron chi connectivity index (χ4n) is 0.0596. The summed E-state index contributed by atoms with van der Waals surface area (Å²) in [5, 5.41) is 20.1. The number of rotatable bonds is 1. The van der Waals surface area contributed by atoms with E-state index in [1.807, 2.05) is 0 Å². The molecule has 0 saturated heterocycles. The predicted octanol–water partition coefficient (Wildman–Crippen LogP) is -0.0936. The zero-order valence-corrected chi connectivity index (χ0v) is 2.94. The van der Waals surface area contributed by atoms with Gasteiger partial charge in [0.15, 0.2) is 0 Å². The Balaban J connectivity index is 3.07. The van der Waals surface area contributed by atoms with E-state index < -0.39 is 0 Å². The lowest BCUT2D eigenvalue weighted by Crippen LogP contribution is -1.70. The highest BCUT2D eigenvalue weighted by Crippen LogP contribution is 1.45.